The minimum Gasteiger partial charge on any atom is -0.481 e. The van der Waals surface area contributed by atoms with Crippen LogP contribution in [0.5, 0.6) is 0 Å². The molecule has 130 valence electrons. The Labute approximate surface area is 138 Å². The number of amides is 1. The maximum absolute atomic E-state index is 13.7. The van der Waals surface area contributed by atoms with Gasteiger partial charge in [-0.15, -0.1) is 0 Å². The van der Waals surface area contributed by atoms with Crippen LogP contribution in [0.4, 0.5) is 10.1 Å². The molecular weight excluding hydrogens is 339 g/mol. The number of nitrogens with one attached hydrogen (secondary N) is 1. The third-order valence-electron chi connectivity index (χ3n) is 4.61. The van der Waals surface area contributed by atoms with Crippen LogP contribution in [0.1, 0.15) is 26.2 Å². The molecule has 0 aromatic heterocycles. The van der Waals surface area contributed by atoms with Gasteiger partial charge < -0.3 is 10.4 Å². The largest absolute Gasteiger partial charge is 0.481 e. The monoisotopic (exact) mass is 356 g/mol. The first-order valence-electron chi connectivity index (χ1n) is 7.55. The fourth-order valence-corrected chi connectivity index (χ4v) is 5.59. The molecule has 2 heterocycles. The number of carboxylic acids is 1. The minimum atomic E-state index is -3.96. The summed E-state index contributed by atoms with van der Waals surface area (Å²) < 4.78 is 40.8. The smallest absolute Gasteiger partial charge is 0.308 e. The highest BCUT2D eigenvalue weighted by Crippen LogP contribution is 2.45. The molecule has 2 aliphatic rings. The number of benzene rings is 1. The van der Waals surface area contributed by atoms with Crippen LogP contribution in [0.3, 0.4) is 0 Å². The Kier molecular flexibility index (Phi) is 4.08. The number of hydrogen-bond donors (Lipinski definition) is 2. The van der Waals surface area contributed by atoms with Gasteiger partial charge >= 0.3 is 5.97 Å². The molecule has 2 saturated heterocycles. The number of anilines is 1. The summed E-state index contributed by atoms with van der Waals surface area (Å²) in [6.45, 7) is 1.19. The van der Waals surface area contributed by atoms with Crippen molar-refractivity contribution in [2.75, 3.05) is 5.32 Å². The summed E-state index contributed by atoms with van der Waals surface area (Å²) in [6.07, 6.45) is 1.41. The number of fused-ring (bicyclic) bond motifs is 2. The minimum absolute atomic E-state index is 0.157. The first-order valence-corrected chi connectivity index (χ1v) is 8.99. The summed E-state index contributed by atoms with van der Waals surface area (Å²) in [5.41, 5.74) is -0.218. The van der Waals surface area contributed by atoms with E-state index in [2.05, 4.69) is 5.32 Å². The van der Waals surface area contributed by atoms with Crippen LogP contribution in [-0.4, -0.2) is 41.8 Å². The van der Waals surface area contributed by atoms with Crippen molar-refractivity contribution < 1.29 is 27.5 Å². The highest BCUT2D eigenvalue weighted by atomic mass is 32.2. The van der Waals surface area contributed by atoms with Crippen molar-refractivity contribution in [1.29, 1.82) is 0 Å². The zero-order valence-corrected chi connectivity index (χ0v) is 13.7. The van der Waals surface area contributed by atoms with Crippen LogP contribution >= 0.6 is 0 Å². The molecule has 9 heteroatoms. The molecule has 1 aromatic carbocycles. The highest BCUT2D eigenvalue weighted by Gasteiger charge is 2.54. The lowest BCUT2D eigenvalue weighted by atomic mass is 9.89. The number of aliphatic carboxylic acids is 1. The summed E-state index contributed by atoms with van der Waals surface area (Å²) >= 11 is 0. The molecule has 2 fully saturated rings. The second-order valence-corrected chi connectivity index (χ2v) is 7.98. The lowest BCUT2D eigenvalue weighted by Crippen LogP contribution is -2.37. The maximum Gasteiger partial charge on any atom is 0.308 e. The molecule has 1 aromatic rings. The Hall–Kier alpha value is -2.00. The van der Waals surface area contributed by atoms with Crippen molar-refractivity contribution in [3.63, 3.8) is 0 Å². The summed E-state index contributed by atoms with van der Waals surface area (Å²) in [7, 11) is -3.96. The molecule has 0 spiro atoms. The molecule has 0 radical (unpaired) electrons. The van der Waals surface area contributed by atoms with Gasteiger partial charge in [-0.2, -0.15) is 4.31 Å². The average Bonchev–Trinajstić information content (AvgIpc) is 3.07. The number of carboxylic acid groups (broad SMARTS) is 1. The first-order chi connectivity index (χ1) is 11.2. The predicted molar refractivity (Wildman–Crippen MR) is 82.3 cm³/mol. The van der Waals surface area contributed by atoms with Crippen molar-refractivity contribution >= 4 is 27.6 Å². The van der Waals surface area contributed by atoms with E-state index < -0.39 is 39.7 Å². The summed E-state index contributed by atoms with van der Waals surface area (Å²) in [5, 5.41) is 11.5. The Morgan fingerprint density at radius 1 is 1.33 bits per heavy atom. The van der Waals surface area contributed by atoms with Crippen molar-refractivity contribution in [2.24, 2.45) is 5.92 Å². The number of sulfonamides is 1. The molecule has 3 unspecified atom stereocenters. The SMILES string of the molecule is CC(=O)Nc1cc(S(=O)(=O)N2C3CCC2C(C(=O)O)C3)ccc1F. The maximum atomic E-state index is 13.7. The fourth-order valence-electron chi connectivity index (χ4n) is 3.65. The summed E-state index contributed by atoms with van der Waals surface area (Å²) in [4.78, 5) is 22.3. The van der Waals surface area contributed by atoms with Gasteiger partial charge in [0.25, 0.3) is 0 Å². The predicted octanol–water partition coefficient (Wildman–Crippen LogP) is 1.41. The second kappa shape index (κ2) is 5.82. The molecule has 1 amide bonds. The van der Waals surface area contributed by atoms with E-state index in [1.807, 2.05) is 0 Å². The van der Waals surface area contributed by atoms with Gasteiger partial charge in [0.1, 0.15) is 5.82 Å². The molecule has 7 nitrogen and oxygen atoms in total. The van der Waals surface area contributed by atoms with Crippen LogP contribution in [0.15, 0.2) is 23.1 Å². The molecular formula is C15H17FN2O5S. The molecule has 3 atom stereocenters. The molecule has 2 bridgehead atoms. The van der Waals surface area contributed by atoms with Gasteiger partial charge in [0.05, 0.1) is 16.5 Å². The summed E-state index contributed by atoms with van der Waals surface area (Å²) in [5.74, 6) is -2.97. The normalized spacial score (nSPS) is 26.5. The van der Waals surface area contributed by atoms with Crippen LogP contribution in [-0.2, 0) is 19.6 Å². The van der Waals surface area contributed by atoms with Crippen molar-refractivity contribution in [1.82, 2.24) is 4.31 Å². The van der Waals surface area contributed by atoms with Gasteiger partial charge in [-0.05, 0) is 37.5 Å². The fraction of sp³-hybridized carbons (Fsp3) is 0.467. The third-order valence-corrected chi connectivity index (χ3v) is 6.59. The van der Waals surface area contributed by atoms with Crippen molar-refractivity contribution in [3.05, 3.63) is 24.0 Å². The van der Waals surface area contributed by atoms with Gasteiger partial charge in [0.2, 0.25) is 15.9 Å². The molecule has 3 rings (SSSR count). The lowest BCUT2D eigenvalue weighted by molar-refractivity contribution is -0.142. The summed E-state index contributed by atoms with van der Waals surface area (Å²) in [6, 6.07) is 2.25. The third kappa shape index (κ3) is 2.67. The van der Waals surface area contributed by atoms with E-state index in [4.69, 9.17) is 0 Å². The molecule has 0 saturated carbocycles. The zero-order chi connectivity index (χ0) is 17.6. The van der Waals surface area contributed by atoms with Crippen LogP contribution in [0, 0.1) is 11.7 Å². The van der Waals surface area contributed by atoms with Crippen LogP contribution < -0.4 is 5.32 Å². The number of hydrogen-bond acceptors (Lipinski definition) is 4. The molecule has 2 N–H and O–H groups in total. The Balaban J connectivity index is 1.97. The number of halogens is 1. The first kappa shape index (κ1) is 16.8. The van der Waals surface area contributed by atoms with Gasteiger partial charge in [0, 0.05) is 19.0 Å². The molecule has 24 heavy (non-hydrogen) atoms. The van der Waals surface area contributed by atoms with E-state index in [-0.39, 0.29) is 16.6 Å². The van der Waals surface area contributed by atoms with Crippen LogP contribution in [0.25, 0.3) is 0 Å². The number of rotatable bonds is 4. The molecule has 2 aliphatic heterocycles. The topological polar surface area (TPSA) is 104 Å². The Bertz CT molecular complexity index is 810. The van der Waals surface area contributed by atoms with E-state index in [1.165, 1.54) is 11.2 Å². The van der Waals surface area contributed by atoms with Crippen LogP contribution in [0.2, 0.25) is 0 Å². The van der Waals surface area contributed by atoms with Gasteiger partial charge in [-0.25, -0.2) is 12.8 Å². The van der Waals surface area contributed by atoms with E-state index >= 15 is 0 Å². The van der Waals surface area contributed by atoms with Gasteiger partial charge in [0.15, 0.2) is 0 Å². The van der Waals surface area contributed by atoms with E-state index in [0.717, 1.165) is 18.2 Å². The lowest BCUT2D eigenvalue weighted by Gasteiger charge is -2.23. The van der Waals surface area contributed by atoms with E-state index in [0.29, 0.717) is 19.3 Å². The van der Waals surface area contributed by atoms with Crippen molar-refractivity contribution in [3.8, 4) is 0 Å². The number of carbonyl (C=O) groups is 2. The molecule has 0 aliphatic carbocycles. The van der Waals surface area contributed by atoms with E-state index in [9.17, 15) is 27.5 Å². The quantitative estimate of drug-likeness (QED) is 0.849. The number of carbonyl (C=O) groups excluding carboxylic acids is 1. The van der Waals surface area contributed by atoms with E-state index in [1.54, 1.807) is 0 Å². The highest BCUT2D eigenvalue weighted by molar-refractivity contribution is 7.89. The Morgan fingerprint density at radius 2 is 2.04 bits per heavy atom. The van der Waals surface area contributed by atoms with Gasteiger partial charge in [-0.1, -0.05) is 0 Å². The number of nitrogens with zero attached hydrogens (tertiary/aromatic N) is 1. The van der Waals surface area contributed by atoms with Gasteiger partial charge in [-0.3, -0.25) is 9.59 Å². The van der Waals surface area contributed by atoms with Crippen molar-refractivity contribution in [2.45, 2.75) is 43.2 Å². The Morgan fingerprint density at radius 3 is 2.62 bits per heavy atom. The zero-order valence-electron chi connectivity index (χ0n) is 12.9. The second-order valence-electron chi connectivity index (χ2n) is 6.14. The standard InChI is InChI=1S/C15H17FN2O5S/c1-8(19)17-13-7-10(3-4-12(13)16)24(22,23)18-9-2-5-14(18)11(6-9)15(20)21/h3-4,7,9,11,14H,2,5-6H2,1H3,(H,17,19)(H,20,21). The average molecular weight is 356 g/mol.